The Morgan fingerprint density at radius 3 is 2.48 bits per heavy atom. The fourth-order valence-corrected chi connectivity index (χ4v) is 2.87. The minimum atomic E-state index is -0.740. The molecule has 3 nitrogen and oxygen atoms in total. The van der Waals surface area contributed by atoms with E-state index in [2.05, 4.69) is 19.2 Å². The quantitative estimate of drug-likeness (QED) is 0.776. The van der Waals surface area contributed by atoms with Crippen molar-refractivity contribution < 1.29 is 9.53 Å². The fraction of sp³-hybridized carbons (Fsp3) is 0.588. The number of hydrogen-bond donors (Lipinski definition) is 1. The topological polar surface area (TPSA) is 38.3 Å². The first kappa shape index (κ1) is 16.3. The lowest BCUT2D eigenvalue weighted by Gasteiger charge is -2.36. The molecule has 116 valence electrons. The van der Waals surface area contributed by atoms with Crippen LogP contribution in [0.2, 0.25) is 5.02 Å². The van der Waals surface area contributed by atoms with Gasteiger partial charge >= 0.3 is 5.97 Å². The zero-order valence-corrected chi connectivity index (χ0v) is 13.7. The Kier molecular flexibility index (Phi) is 5.28. The summed E-state index contributed by atoms with van der Waals surface area (Å²) in [5.41, 5.74) is 0.212. The molecule has 21 heavy (non-hydrogen) atoms. The van der Waals surface area contributed by atoms with Gasteiger partial charge in [-0.25, -0.2) is 4.79 Å². The van der Waals surface area contributed by atoms with Gasteiger partial charge in [0.1, 0.15) is 5.54 Å². The van der Waals surface area contributed by atoms with Crippen LogP contribution in [0.4, 0.5) is 0 Å². The van der Waals surface area contributed by atoms with Crippen molar-refractivity contribution in [1.29, 1.82) is 0 Å². The van der Waals surface area contributed by atoms with Crippen molar-refractivity contribution in [2.75, 3.05) is 6.61 Å². The molecule has 0 radical (unpaired) electrons. The Bertz CT molecular complexity index is 484. The summed E-state index contributed by atoms with van der Waals surface area (Å²) in [6, 6.07) is 7.79. The molecule has 0 bridgehead atoms. The summed E-state index contributed by atoms with van der Waals surface area (Å²) in [6.07, 6.45) is 3.05. The lowest BCUT2D eigenvalue weighted by atomic mass is 9.83. The highest BCUT2D eigenvalue weighted by Gasteiger charge is 2.53. The van der Waals surface area contributed by atoms with E-state index in [4.69, 9.17) is 16.3 Å². The second kappa shape index (κ2) is 6.80. The zero-order chi connectivity index (χ0) is 15.5. The minimum Gasteiger partial charge on any atom is -0.464 e. The lowest BCUT2D eigenvalue weighted by molar-refractivity contribution is -0.153. The van der Waals surface area contributed by atoms with Gasteiger partial charge in [-0.2, -0.15) is 0 Å². The number of hydrogen-bond acceptors (Lipinski definition) is 3. The third-order valence-electron chi connectivity index (χ3n) is 4.17. The van der Waals surface area contributed by atoms with Crippen LogP contribution in [0.5, 0.6) is 0 Å². The van der Waals surface area contributed by atoms with Crippen LogP contribution in [0.15, 0.2) is 24.3 Å². The number of carbonyl (C=O) groups is 1. The minimum absolute atomic E-state index is 0.171. The summed E-state index contributed by atoms with van der Waals surface area (Å²) in [5.74, 6) is 0.127. The summed E-state index contributed by atoms with van der Waals surface area (Å²) >= 11 is 5.99. The second-order valence-electron chi connectivity index (χ2n) is 5.76. The highest BCUT2D eigenvalue weighted by Crippen LogP contribution is 2.47. The first-order valence-electron chi connectivity index (χ1n) is 7.75. The molecule has 0 heterocycles. The van der Waals surface area contributed by atoms with Gasteiger partial charge in [0, 0.05) is 11.1 Å². The number of nitrogens with one attached hydrogen (secondary N) is 1. The van der Waals surface area contributed by atoms with Gasteiger partial charge in [-0.15, -0.1) is 0 Å². The molecule has 4 heteroatoms. The Hall–Kier alpha value is -1.06. The van der Waals surface area contributed by atoms with E-state index < -0.39 is 5.54 Å². The summed E-state index contributed by atoms with van der Waals surface area (Å²) in [7, 11) is 0. The van der Waals surface area contributed by atoms with E-state index in [1.165, 1.54) is 0 Å². The molecule has 1 aromatic rings. The second-order valence-corrected chi connectivity index (χ2v) is 6.20. The first-order chi connectivity index (χ1) is 10.0. The molecule has 1 N–H and O–H groups in total. The number of rotatable bonds is 7. The highest BCUT2D eigenvalue weighted by molar-refractivity contribution is 6.30. The molecule has 0 spiro atoms. The Labute approximate surface area is 132 Å². The zero-order valence-electron chi connectivity index (χ0n) is 13.0. The average molecular weight is 310 g/mol. The van der Waals surface area contributed by atoms with E-state index in [9.17, 15) is 4.79 Å². The third kappa shape index (κ3) is 3.41. The molecule has 1 aliphatic carbocycles. The van der Waals surface area contributed by atoms with Gasteiger partial charge in [0.2, 0.25) is 0 Å². The molecule has 0 saturated heterocycles. The molecule has 1 fully saturated rings. The van der Waals surface area contributed by atoms with E-state index in [1.54, 1.807) is 0 Å². The van der Waals surface area contributed by atoms with Gasteiger partial charge in [-0.05, 0) is 56.7 Å². The summed E-state index contributed by atoms with van der Waals surface area (Å²) in [4.78, 5) is 12.8. The van der Waals surface area contributed by atoms with Gasteiger partial charge in [-0.3, -0.25) is 5.32 Å². The fourth-order valence-electron chi connectivity index (χ4n) is 2.75. The van der Waals surface area contributed by atoms with E-state index in [-0.39, 0.29) is 12.0 Å². The third-order valence-corrected chi connectivity index (χ3v) is 4.43. The van der Waals surface area contributed by atoms with Crippen molar-refractivity contribution in [2.45, 2.75) is 51.6 Å². The molecule has 2 unspecified atom stereocenters. The molecule has 0 amide bonds. The molecular weight excluding hydrogens is 286 g/mol. The SMILES string of the molecule is CCOC(=O)C(NC(C)CC)(c1ccc(Cl)cc1)C1CC1. The van der Waals surface area contributed by atoms with Crippen molar-refractivity contribution in [1.82, 2.24) is 5.32 Å². The Morgan fingerprint density at radius 2 is 2.00 bits per heavy atom. The maximum Gasteiger partial charge on any atom is 0.331 e. The molecule has 0 aliphatic heterocycles. The molecule has 0 aromatic heterocycles. The van der Waals surface area contributed by atoms with Gasteiger partial charge in [0.05, 0.1) is 6.61 Å². The Balaban J connectivity index is 2.44. The van der Waals surface area contributed by atoms with Crippen LogP contribution in [0, 0.1) is 5.92 Å². The summed E-state index contributed by atoms with van der Waals surface area (Å²) in [5, 5.41) is 4.22. The van der Waals surface area contributed by atoms with Gasteiger partial charge in [-0.1, -0.05) is 30.7 Å². The number of carbonyl (C=O) groups excluding carboxylic acids is 1. The first-order valence-corrected chi connectivity index (χ1v) is 8.13. The van der Waals surface area contributed by atoms with Crippen molar-refractivity contribution >= 4 is 17.6 Å². The van der Waals surface area contributed by atoms with Crippen LogP contribution in [-0.2, 0) is 15.1 Å². The van der Waals surface area contributed by atoms with Crippen molar-refractivity contribution in [3.05, 3.63) is 34.9 Å². The predicted octanol–water partition coefficient (Wildman–Crippen LogP) is 3.90. The molecule has 1 aliphatic rings. The molecular formula is C17H24ClNO2. The highest BCUT2D eigenvalue weighted by atomic mass is 35.5. The number of ether oxygens (including phenoxy) is 1. The monoisotopic (exact) mass is 309 g/mol. The van der Waals surface area contributed by atoms with Crippen LogP contribution in [-0.4, -0.2) is 18.6 Å². The smallest absolute Gasteiger partial charge is 0.331 e. The predicted molar refractivity (Wildman–Crippen MR) is 85.4 cm³/mol. The van der Waals surface area contributed by atoms with Crippen LogP contribution >= 0.6 is 11.6 Å². The standard InChI is InChI=1S/C17H24ClNO2/c1-4-12(3)19-17(13-6-7-13,16(20)21-5-2)14-8-10-15(18)11-9-14/h8-13,19H,4-7H2,1-3H3. The number of halogens is 1. The van der Waals surface area contributed by atoms with Crippen molar-refractivity contribution in [2.24, 2.45) is 5.92 Å². The van der Waals surface area contributed by atoms with Gasteiger partial charge in [0.15, 0.2) is 0 Å². The number of esters is 1. The van der Waals surface area contributed by atoms with Crippen LogP contribution in [0.25, 0.3) is 0 Å². The maximum absolute atomic E-state index is 12.8. The number of benzene rings is 1. The summed E-state index contributed by atoms with van der Waals surface area (Å²) < 4.78 is 5.40. The van der Waals surface area contributed by atoms with Gasteiger partial charge < -0.3 is 4.74 Å². The maximum atomic E-state index is 12.8. The largest absolute Gasteiger partial charge is 0.464 e. The average Bonchev–Trinajstić information content (AvgIpc) is 3.30. The Morgan fingerprint density at radius 1 is 1.38 bits per heavy atom. The molecule has 1 saturated carbocycles. The van der Waals surface area contributed by atoms with E-state index in [1.807, 2.05) is 31.2 Å². The van der Waals surface area contributed by atoms with Crippen molar-refractivity contribution in [3.63, 3.8) is 0 Å². The molecule has 2 atom stereocenters. The van der Waals surface area contributed by atoms with Crippen LogP contribution in [0.3, 0.4) is 0 Å². The molecule has 1 aromatic carbocycles. The van der Waals surface area contributed by atoms with Crippen LogP contribution in [0.1, 0.15) is 45.6 Å². The van der Waals surface area contributed by atoms with Gasteiger partial charge in [0.25, 0.3) is 0 Å². The lowest BCUT2D eigenvalue weighted by Crippen LogP contribution is -2.55. The van der Waals surface area contributed by atoms with E-state index >= 15 is 0 Å². The van der Waals surface area contributed by atoms with Crippen molar-refractivity contribution in [3.8, 4) is 0 Å². The van der Waals surface area contributed by atoms with Crippen LogP contribution < -0.4 is 5.32 Å². The van der Waals surface area contributed by atoms with E-state index in [0.29, 0.717) is 17.5 Å². The molecule has 2 rings (SSSR count). The van der Waals surface area contributed by atoms with E-state index in [0.717, 1.165) is 24.8 Å². The normalized spacial score (nSPS) is 18.9. The summed E-state index contributed by atoms with van der Waals surface area (Å²) in [6.45, 7) is 6.46.